The van der Waals surface area contributed by atoms with Gasteiger partial charge in [-0.3, -0.25) is 4.90 Å². The average molecular weight is 189 g/mol. The van der Waals surface area contributed by atoms with Crippen molar-refractivity contribution in [2.45, 2.75) is 32.2 Å². The molecule has 1 heteroatoms. The highest BCUT2D eigenvalue weighted by atomic mass is 15.1. The number of hydrogen-bond acceptors (Lipinski definition) is 1. The molecule has 0 unspecified atom stereocenters. The van der Waals surface area contributed by atoms with E-state index in [0.717, 1.165) is 6.54 Å². The molecule has 1 nitrogen and oxygen atoms in total. The second-order valence-electron chi connectivity index (χ2n) is 4.18. The van der Waals surface area contributed by atoms with Crippen molar-refractivity contribution in [1.82, 2.24) is 4.90 Å². The summed E-state index contributed by atoms with van der Waals surface area (Å²) >= 11 is 0. The number of nitrogens with zero attached hydrogens (tertiary/aromatic N) is 1. The van der Waals surface area contributed by atoms with Gasteiger partial charge in [0, 0.05) is 6.04 Å². The van der Waals surface area contributed by atoms with E-state index >= 15 is 0 Å². The molecule has 1 aromatic carbocycles. The number of aryl methyl sites for hydroxylation is 1. The molecule has 1 aliphatic rings. The van der Waals surface area contributed by atoms with Gasteiger partial charge >= 0.3 is 0 Å². The molecule has 0 saturated heterocycles. The molecule has 1 atom stereocenters. The lowest BCUT2D eigenvalue weighted by molar-refractivity contribution is 0.232. The van der Waals surface area contributed by atoms with Gasteiger partial charge in [0.2, 0.25) is 0 Å². The minimum absolute atomic E-state index is 0.657. The van der Waals surface area contributed by atoms with E-state index in [-0.39, 0.29) is 0 Å². The normalized spacial score (nSPS) is 20.9. The monoisotopic (exact) mass is 189 g/mol. The van der Waals surface area contributed by atoms with Crippen LogP contribution in [0.5, 0.6) is 0 Å². The van der Waals surface area contributed by atoms with Crippen molar-refractivity contribution in [3.63, 3.8) is 0 Å². The quantitative estimate of drug-likeness (QED) is 0.691. The molecule has 2 rings (SSSR count). The molecular weight excluding hydrogens is 170 g/mol. The van der Waals surface area contributed by atoms with E-state index in [2.05, 4.69) is 43.1 Å². The fourth-order valence-electron chi connectivity index (χ4n) is 2.41. The molecule has 0 radical (unpaired) electrons. The molecule has 76 valence electrons. The molecule has 0 aromatic heterocycles. The lowest BCUT2D eigenvalue weighted by Crippen LogP contribution is -2.27. The Balaban J connectivity index is 2.30. The molecule has 0 saturated carbocycles. The third kappa shape index (κ3) is 1.69. The van der Waals surface area contributed by atoms with Gasteiger partial charge in [0.1, 0.15) is 0 Å². The number of fused-ring (bicyclic) bond motifs is 1. The summed E-state index contributed by atoms with van der Waals surface area (Å²) in [6.07, 6.45) is 3.93. The molecule has 0 heterocycles. The predicted molar refractivity (Wildman–Crippen MR) is 60.4 cm³/mol. The van der Waals surface area contributed by atoms with E-state index in [4.69, 9.17) is 0 Å². The maximum atomic E-state index is 2.46. The summed E-state index contributed by atoms with van der Waals surface area (Å²) in [7, 11) is 2.23. The summed E-state index contributed by atoms with van der Waals surface area (Å²) < 4.78 is 0. The zero-order chi connectivity index (χ0) is 9.97. The minimum atomic E-state index is 0.657. The van der Waals surface area contributed by atoms with E-state index in [1.54, 1.807) is 11.1 Å². The van der Waals surface area contributed by atoms with Gasteiger partial charge in [-0.05, 0) is 44.0 Å². The third-order valence-electron chi connectivity index (χ3n) is 3.37. The molecular formula is C13H19N. The van der Waals surface area contributed by atoms with Crippen LogP contribution in [0.25, 0.3) is 0 Å². The van der Waals surface area contributed by atoms with E-state index in [9.17, 15) is 0 Å². The Bertz CT molecular complexity index is 306. The van der Waals surface area contributed by atoms with E-state index in [0.29, 0.717) is 6.04 Å². The van der Waals surface area contributed by atoms with E-state index in [1.165, 1.54) is 19.3 Å². The zero-order valence-electron chi connectivity index (χ0n) is 9.16. The van der Waals surface area contributed by atoms with Gasteiger partial charge in [-0.2, -0.15) is 0 Å². The highest BCUT2D eigenvalue weighted by molar-refractivity contribution is 5.32. The van der Waals surface area contributed by atoms with Crippen molar-refractivity contribution < 1.29 is 0 Å². The maximum Gasteiger partial charge on any atom is 0.0347 e. The fraction of sp³-hybridized carbons (Fsp3) is 0.538. The number of benzene rings is 1. The van der Waals surface area contributed by atoms with E-state index < -0.39 is 0 Å². The van der Waals surface area contributed by atoms with Crippen molar-refractivity contribution in [2.24, 2.45) is 0 Å². The Morgan fingerprint density at radius 1 is 1.36 bits per heavy atom. The van der Waals surface area contributed by atoms with Gasteiger partial charge in [-0.25, -0.2) is 0 Å². The highest BCUT2D eigenvalue weighted by Gasteiger charge is 2.21. The first kappa shape index (κ1) is 9.72. The molecule has 0 fully saturated rings. The Hall–Kier alpha value is -0.820. The van der Waals surface area contributed by atoms with Gasteiger partial charge in [0.15, 0.2) is 0 Å². The molecule has 0 N–H and O–H groups in total. The van der Waals surface area contributed by atoms with Crippen LogP contribution in [0.2, 0.25) is 0 Å². The first-order valence-corrected chi connectivity index (χ1v) is 5.61. The number of rotatable bonds is 2. The molecule has 0 bridgehead atoms. The molecule has 14 heavy (non-hydrogen) atoms. The van der Waals surface area contributed by atoms with Gasteiger partial charge in [0.05, 0.1) is 0 Å². The van der Waals surface area contributed by atoms with Crippen LogP contribution in [-0.4, -0.2) is 18.5 Å². The molecule has 0 aliphatic heterocycles. The Morgan fingerprint density at radius 2 is 2.14 bits per heavy atom. The lowest BCUT2D eigenvalue weighted by atomic mass is 9.87. The Morgan fingerprint density at radius 3 is 2.93 bits per heavy atom. The fourth-order valence-corrected chi connectivity index (χ4v) is 2.41. The van der Waals surface area contributed by atoms with Crippen molar-refractivity contribution in [2.75, 3.05) is 13.6 Å². The largest absolute Gasteiger partial charge is 0.300 e. The van der Waals surface area contributed by atoms with Crippen LogP contribution in [0.4, 0.5) is 0 Å². The molecule has 0 amide bonds. The van der Waals surface area contributed by atoms with Crippen molar-refractivity contribution >= 4 is 0 Å². The molecule has 1 aliphatic carbocycles. The summed E-state index contributed by atoms with van der Waals surface area (Å²) in [6.45, 7) is 3.37. The van der Waals surface area contributed by atoms with Crippen molar-refractivity contribution in [1.29, 1.82) is 0 Å². The topological polar surface area (TPSA) is 3.24 Å². The van der Waals surface area contributed by atoms with Crippen LogP contribution < -0.4 is 0 Å². The van der Waals surface area contributed by atoms with Crippen LogP contribution in [0, 0.1) is 0 Å². The Labute approximate surface area is 86.7 Å². The SMILES string of the molecule is CCN(C)[C@@H]1CCCc2ccccc21. The summed E-state index contributed by atoms with van der Waals surface area (Å²) in [5.74, 6) is 0. The van der Waals surface area contributed by atoms with Gasteiger partial charge in [-0.15, -0.1) is 0 Å². The van der Waals surface area contributed by atoms with Gasteiger partial charge < -0.3 is 0 Å². The van der Waals surface area contributed by atoms with Crippen LogP contribution >= 0.6 is 0 Å². The van der Waals surface area contributed by atoms with Crippen LogP contribution in [0.15, 0.2) is 24.3 Å². The van der Waals surface area contributed by atoms with Gasteiger partial charge in [-0.1, -0.05) is 31.2 Å². The van der Waals surface area contributed by atoms with Crippen molar-refractivity contribution in [3.05, 3.63) is 35.4 Å². The first-order valence-electron chi connectivity index (χ1n) is 5.61. The summed E-state index contributed by atoms with van der Waals surface area (Å²) in [5.41, 5.74) is 3.12. The molecule has 1 aromatic rings. The van der Waals surface area contributed by atoms with E-state index in [1.807, 2.05) is 0 Å². The average Bonchev–Trinajstić information content (AvgIpc) is 2.27. The lowest BCUT2D eigenvalue weighted by Gasteiger charge is -2.32. The summed E-state index contributed by atoms with van der Waals surface area (Å²) in [5, 5.41) is 0. The smallest absolute Gasteiger partial charge is 0.0347 e. The maximum absolute atomic E-state index is 2.46. The van der Waals surface area contributed by atoms with Crippen LogP contribution in [0.3, 0.4) is 0 Å². The summed E-state index contributed by atoms with van der Waals surface area (Å²) in [6, 6.07) is 9.56. The van der Waals surface area contributed by atoms with Crippen molar-refractivity contribution in [3.8, 4) is 0 Å². The highest BCUT2D eigenvalue weighted by Crippen LogP contribution is 2.32. The second kappa shape index (κ2) is 4.14. The third-order valence-corrected chi connectivity index (χ3v) is 3.37. The van der Waals surface area contributed by atoms with Crippen LogP contribution in [-0.2, 0) is 6.42 Å². The first-order chi connectivity index (χ1) is 6.83. The van der Waals surface area contributed by atoms with Gasteiger partial charge in [0.25, 0.3) is 0 Å². The van der Waals surface area contributed by atoms with Crippen LogP contribution in [0.1, 0.15) is 36.9 Å². The molecule has 0 spiro atoms. The predicted octanol–water partition coefficient (Wildman–Crippen LogP) is 3.02. The second-order valence-corrected chi connectivity index (χ2v) is 4.18. The summed E-state index contributed by atoms with van der Waals surface area (Å²) in [4.78, 5) is 2.46. The Kier molecular flexibility index (Phi) is 2.87. The standard InChI is InChI=1S/C13H19N/c1-3-14(2)13-10-6-8-11-7-4-5-9-12(11)13/h4-5,7,9,13H,3,6,8,10H2,1-2H3/t13-/m1/s1. The zero-order valence-corrected chi connectivity index (χ0v) is 9.16. The minimum Gasteiger partial charge on any atom is -0.300 e. The number of hydrogen-bond donors (Lipinski definition) is 0.